The van der Waals surface area contributed by atoms with E-state index in [0.29, 0.717) is 25.1 Å². The van der Waals surface area contributed by atoms with Crippen molar-refractivity contribution in [1.29, 1.82) is 0 Å². The van der Waals surface area contributed by atoms with Crippen LogP contribution in [0.2, 0.25) is 0 Å². The van der Waals surface area contributed by atoms with Gasteiger partial charge in [0.1, 0.15) is 6.04 Å². The Hall–Kier alpha value is -3.05. The number of benzene rings is 3. The highest BCUT2D eigenvalue weighted by Gasteiger charge is 2.30. The minimum absolute atomic E-state index is 0.00533. The standard InChI is InChI=1S/C30H36N2O2S/c1-4-24(3)31-30(34)28(21-25-11-7-5-8-12-25)32(22-26-17-15-23(2)16-18-26)29(33)19-20-35-27-13-9-6-10-14-27/h5-18,24,28H,4,19-22H2,1-3H3,(H,31,34). The first-order valence-electron chi connectivity index (χ1n) is 12.3. The van der Waals surface area contributed by atoms with Crippen molar-refractivity contribution in [3.05, 3.63) is 102 Å². The Morgan fingerprint density at radius 3 is 2.14 bits per heavy atom. The molecule has 0 saturated heterocycles. The number of carbonyl (C=O) groups is 2. The Morgan fingerprint density at radius 2 is 1.51 bits per heavy atom. The summed E-state index contributed by atoms with van der Waals surface area (Å²) < 4.78 is 0. The van der Waals surface area contributed by atoms with E-state index in [4.69, 9.17) is 0 Å². The smallest absolute Gasteiger partial charge is 0.243 e. The molecule has 35 heavy (non-hydrogen) atoms. The first-order chi connectivity index (χ1) is 17.0. The molecule has 4 nitrogen and oxygen atoms in total. The van der Waals surface area contributed by atoms with E-state index >= 15 is 0 Å². The summed E-state index contributed by atoms with van der Waals surface area (Å²) in [6.45, 7) is 6.50. The lowest BCUT2D eigenvalue weighted by atomic mass is 10.0. The average Bonchev–Trinajstić information content (AvgIpc) is 2.88. The van der Waals surface area contributed by atoms with Crippen molar-refractivity contribution in [3.63, 3.8) is 0 Å². The molecule has 2 atom stereocenters. The van der Waals surface area contributed by atoms with Crippen molar-refractivity contribution in [3.8, 4) is 0 Å². The SMILES string of the molecule is CCC(C)NC(=O)C(Cc1ccccc1)N(Cc1ccc(C)cc1)C(=O)CCSc1ccccc1. The van der Waals surface area contributed by atoms with E-state index in [0.717, 1.165) is 22.4 Å². The Labute approximate surface area is 214 Å². The van der Waals surface area contributed by atoms with E-state index in [1.807, 2.05) is 81.4 Å². The van der Waals surface area contributed by atoms with Crippen molar-refractivity contribution < 1.29 is 9.59 Å². The molecule has 0 radical (unpaired) electrons. The number of aryl methyl sites for hydroxylation is 1. The fourth-order valence-corrected chi connectivity index (χ4v) is 4.66. The van der Waals surface area contributed by atoms with Gasteiger partial charge in [-0.3, -0.25) is 9.59 Å². The molecule has 0 aliphatic heterocycles. The van der Waals surface area contributed by atoms with Crippen LogP contribution in [0.15, 0.2) is 89.8 Å². The third kappa shape index (κ3) is 8.59. The number of nitrogens with zero attached hydrogens (tertiary/aromatic N) is 1. The van der Waals surface area contributed by atoms with Gasteiger partial charge in [0.2, 0.25) is 11.8 Å². The van der Waals surface area contributed by atoms with Gasteiger partial charge in [-0.25, -0.2) is 0 Å². The van der Waals surface area contributed by atoms with Crippen LogP contribution in [0.1, 0.15) is 43.4 Å². The molecule has 0 fully saturated rings. The van der Waals surface area contributed by atoms with Crippen LogP contribution >= 0.6 is 11.8 Å². The number of thioether (sulfide) groups is 1. The van der Waals surface area contributed by atoms with Crippen LogP contribution in [0.4, 0.5) is 0 Å². The van der Waals surface area contributed by atoms with Crippen LogP contribution in [0.25, 0.3) is 0 Å². The maximum absolute atomic E-state index is 13.6. The summed E-state index contributed by atoms with van der Waals surface area (Å²) in [5, 5.41) is 3.12. The molecular weight excluding hydrogens is 452 g/mol. The molecular formula is C30H36N2O2S. The predicted molar refractivity (Wildman–Crippen MR) is 145 cm³/mol. The number of nitrogens with one attached hydrogen (secondary N) is 1. The van der Waals surface area contributed by atoms with Crippen LogP contribution in [0, 0.1) is 6.92 Å². The summed E-state index contributed by atoms with van der Waals surface area (Å²) in [6.07, 6.45) is 1.68. The minimum atomic E-state index is -0.582. The van der Waals surface area contributed by atoms with E-state index in [1.54, 1.807) is 16.7 Å². The zero-order chi connectivity index (χ0) is 25.0. The molecule has 3 aromatic carbocycles. The normalized spacial score (nSPS) is 12.5. The fourth-order valence-electron chi connectivity index (χ4n) is 3.80. The lowest BCUT2D eigenvalue weighted by molar-refractivity contribution is -0.141. The second kappa shape index (κ2) is 13.7. The van der Waals surface area contributed by atoms with Gasteiger partial charge in [-0.05, 0) is 43.5 Å². The molecule has 0 aliphatic carbocycles. The number of carbonyl (C=O) groups excluding carboxylic acids is 2. The highest BCUT2D eigenvalue weighted by Crippen LogP contribution is 2.21. The molecule has 1 N–H and O–H groups in total. The summed E-state index contributed by atoms with van der Waals surface area (Å²) in [5.41, 5.74) is 3.23. The zero-order valence-electron chi connectivity index (χ0n) is 20.9. The number of hydrogen-bond donors (Lipinski definition) is 1. The van der Waals surface area contributed by atoms with Gasteiger partial charge in [0, 0.05) is 36.1 Å². The number of rotatable bonds is 12. The van der Waals surface area contributed by atoms with Crippen LogP contribution in [-0.4, -0.2) is 34.6 Å². The van der Waals surface area contributed by atoms with Gasteiger partial charge in [-0.15, -0.1) is 11.8 Å². The summed E-state index contributed by atoms with van der Waals surface area (Å²) in [7, 11) is 0. The quantitative estimate of drug-likeness (QED) is 0.317. The second-order valence-corrected chi connectivity index (χ2v) is 10.1. The first-order valence-corrected chi connectivity index (χ1v) is 13.3. The number of hydrogen-bond acceptors (Lipinski definition) is 3. The third-order valence-corrected chi connectivity index (χ3v) is 7.09. The monoisotopic (exact) mass is 488 g/mol. The van der Waals surface area contributed by atoms with Gasteiger partial charge >= 0.3 is 0 Å². The molecule has 0 heterocycles. The Morgan fingerprint density at radius 1 is 0.886 bits per heavy atom. The van der Waals surface area contributed by atoms with Crippen molar-refractivity contribution in [2.75, 3.05) is 5.75 Å². The molecule has 3 rings (SSSR count). The topological polar surface area (TPSA) is 49.4 Å². The second-order valence-electron chi connectivity index (χ2n) is 8.94. The Balaban J connectivity index is 1.85. The van der Waals surface area contributed by atoms with Gasteiger partial charge in [-0.2, -0.15) is 0 Å². The van der Waals surface area contributed by atoms with Gasteiger partial charge < -0.3 is 10.2 Å². The van der Waals surface area contributed by atoms with Crippen molar-refractivity contribution in [2.45, 2.75) is 63.6 Å². The highest BCUT2D eigenvalue weighted by atomic mass is 32.2. The molecule has 3 aromatic rings. The summed E-state index contributed by atoms with van der Waals surface area (Å²) in [4.78, 5) is 30.0. The van der Waals surface area contributed by atoms with E-state index < -0.39 is 6.04 Å². The van der Waals surface area contributed by atoms with Crippen molar-refractivity contribution in [1.82, 2.24) is 10.2 Å². The van der Waals surface area contributed by atoms with Crippen molar-refractivity contribution in [2.24, 2.45) is 0 Å². The number of amides is 2. The van der Waals surface area contributed by atoms with Crippen LogP contribution in [-0.2, 0) is 22.6 Å². The predicted octanol–water partition coefficient (Wildman–Crippen LogP) is 6.03. The Bertz CT molecular complexity index is 1050. The molecule has 0 aromatic heterocycles. The fraction of sp³-hybridized carbons (Fsp3) is 0.333. The van der Waals surface area contributed by atoms with E-state index in [9.17, 15) is 9.59 Å². The first kappa shape index (κ1) is 26.6. The largest absolute Gasteiger partial charge is 0.352 e. The van der Waals surface area contributed by atoms with Gasteiger partial charge in [0.05, 0.1) is 0 Å². The van der Waals surface area contributed by atoms with Crippen LogP contribution in [0.3, 0.4) is 0 Å². The molecule has 0 aliphatic rings. The van der Waals surface area contributed by atoms with Crippen LogP contribution < -0.4 is 5.32 Å². The molecule has 0 saturated carbocycles. The van der Waals surface area contributed by atoms with E-state index in [1.165, 1.54) is 5.56 Å². The lowest BCUT2D eigenvalue weighted by Gasteiger charge is -2.32. The van der Waals surface area contributed by atoms with Gasteiger partial charge in [0.15, 0.2) is 0 Å². The third-order valence-electron chi connectivity index (χ3n) is 6.07. The summed E-state index contributed by atoms with van der Waals surface area (Å²) in [5.74, 6) is 0.562. The van der Waals surface area contributed by atoms with Gasteiger partial charge in [0.25, 0.3) is 0 Å². The molecule has 0 bridgehead atoms. The molecule has 2 unspecified atom stereocenters. The maximum Gasteiger partial charge on any atom is 0.243 e. The maximum atomic E-state index is 13.6. The molecule has 5 heteroatoms. The zero-order valence-corrected chi connectivity index (χ0v) is 21.8. The van der Waals surface area contributed by atoms with E-state index in [-0.39, 0.29) is 17.9 Å². The lowest BCUT2D eigenvalue weighted by Crippen LogP contribution is -2.52. The highest BCUT2D eigenvalue weighted by molar-refractivity contribution is 7.99. The molecule has 184 valence electrons. The minimum Gasteiger partial charge on any atom is -0.352 e. The summed E-state index contributed by atoms with van der Waals surface area (Å²) in [6, 6.07) is 27.7. The molecule has 2 amide bonds. The van der Waals surface area contributed by atoms with Gasteiger partial charge in [-0.1, -0.05) is 85.3 Å². The summed E-state index contributed by atoms with van der Waals surface area (Å²) >= 11 is 1.66. The van der Waals surface area contributed by atoms with E-state index in [2.05, 4.69) is 29.6 Å². The molecule has 0 spiro atoms. The Kier molecular flexibility index (Phi) is 10.4. The average molecular weight is 489 g/mol. The van der Waals surface area contributed by atoms with Crippen molar-refractivity contribution >= 4 is 23.6 Å². The van der Waals surface area contributed by atoms with Crippen LogP contribution in [0.5, 0.6) is 0 Å².